The predicted molar refractivity (Wildman–Crippen MR) is 61.4 cm³/mol. The first-order valence-electron chi connectivity index (χ1n) is 5.07. The molecule has 88 valence electrons. The summed E-state index contributed by atoms with van der Waals surface area (Å²) in [4.78, 5) is 11.0. The first-order valence-corrected chi connectivity index (χ1v) is 5.07. The van der Waals surface area contributed by atoms with Crippen molar-refractivity contribution in [1.29, 1.82) is 0 Å². The van der Waals surface area contributed by atoms with Crippen molar-refractivity contribution in [2.45, 2.75) is 19.9 Å². The SMILES string of the molecule is COC(=O)C(N)COc1cc(C)cc(C)c1. The molecule has 0 heterocycles. The fraction of sp³-hybridized carbons (Fsp3) is 0.417. The molecule has 4 nitrogen and oxygen atoms in total. The lowest BCUT2D eigenvalue weighted by atomic mass is 10.1. The summed E-state index contributed by atoms with van der Waals surface area (Å²) in [5.74, 6) is 0.251. The molecule has 1 aromatic carbocycles. The number of aryl methyl sites for hydroxylation is 2. The summed E-state index contributed by atoms with van der Waals surface area (Å²) >= 11 is 0. The maximum absolute atomic E-state index is 11.0. The molecule has 1 rings (SSSR count). The number of carbonyl (C=O) groups excluding carboxylic acids is 1. The minimum atomic E-state index is -0.745. The molecule has 0 fully saturated rings. The molecule has 0 aliphatic rings. The van der Waals surface area contributed by atoms with Crippen molar-refractivity contribution in [1.82, 2.24) is 0 Å². The second kappa shape index (κ2) is 5.51. The van der Waals surface area contributed by atoms with Gasteiger partial charge in [-0.25, -0.2) is 0 Å². The zero-order valence-electron chi connectivity index (χ0n) is 9.82. The Morgan fingerprint density at radius 3 is 2.38 bits per heavy atom. The molecule has 1 aromatic rings. The molecule has 1 atom stereocenters. The Morgan fingerprint density at radius 2 is 1.88 bits per heavy atom. The van der Waals surface area contributed by atoms with Crippen molar-refractivity contribution in [3.63, 3.8) is 0 Å². The van der Waals surface area contributed by atoms with Gasteiger partial charge in [0.2, 0.25) is 0 Å². The number of benzene rings is 1. The quantitative estimate of drug-likeness (QED) is 0.779. The normalized spacial score (nSPS) is 12.0. The Bertz CT molecular complexity index is 356. The Morgan fingerprint density at radius 1 is 1.31 bits per heavy atom. The van der Waals surface area contributed by atoms with Crippen LogP contribution in [0.4, 0.5) is 0 Å². The highest BCUT2D eigenvalue weighted by Crippen LogP contribution is 2.16. The molecular formula is C12H17NO3. The van der Waals surface area contributed by atoms with Crippen LogP contribution in [0, 0.1) is 13.8 Å². The van der Waals surface area contributed by atoms with Crippen LogP contribution in [0.3, 0.4) is 0 Å². The van der Waals surface area contributed by atoms with E-state index in [9.17, 15) is 4.79 Å². The number of methoxy groups -OCH3 is 1. The van der Waals surface area contributed by atoms with E-state index < -0.39 is 12.0 Å². The van der Waals surface area contributed by atoms with Gasteiger partial charge in [-0.05, 0) is 37.1 Å². The van der Waals surface area contributed by atoms with Crippen LogP contribution in [0.25, 0.3) is 0 Å². The highest BCUT2D eigenvalue weighted by Gasteiger charge is 2.14. The van der Waals surface area contributed by atoms with Gasteiger partial charge in [-0.1, -0.05) is 6.07 Å². The number of hydrogen-bond donors (Lipinski definition) is 1. The Balaban J connectivity index is 2.57. The van der Waals surface area contributed by atoms with Gasteiger partial charge in [0.25, 0.3) is 0 Å². The van der Waals surface area contributed by atoms with E-state index in [1.54, 1.807) is 0 Å². The highest BCUT2D eigenvalue weighted by atomic mass is 16.5. The lowest BCUT2D eigenvalue weighted by Crippen LogP contribution is -2.37. The Labute approximate surface area is 95.3 Å². The number of ether oxygens (including phenoxy) is 2. The first-order chi connectivity index (χ1) is 7.52. The summed E-state index contributed by atoms with van der Waals surface area (Å²) in [5.41, 5.74) is 7.78. The van der Waals surface area contributed by atoms with E-state index in [0.29, 0.717) is 0 Å². The largest absolute Gasteiger partial charge is 0.491 e. The maximum atomic E-state index is 11.0. The van der Waals surface area contributed by atoms with Crippen LogP contribution in [0.2, 0.25) is 0 Å². The Hall–Kier alpha value is -1.55. The third-order valence-corrected chi connectivity index (χ3v) is 2.13. The van der Waals surface area contributed by atoms with Crippen molar-refractivity contribution in [3.05, 3.63) is 29.3 Å². The van der Waals surface area contributed by atoms with Crippen LogP contribution in [0.15, 0.2) is 18.2 Å². The molecule has 0 radical (unpaired) electrons. The summed E-state index contributed by atoms with van der Waals surface area (Å²) in [6, 6.07) is 5.10. The number of hydrogen-bond acceptors (Lipinski definition) is 4. The number of carbonyl (C=O) groups is 1. The molecule has 0 bridgehead atoms. The van der Waals surface area contributed by atoms with Crippen molar-refractivity contribution in [2.75, 3.05) is 13.7 Å². The molecule has 2 N–H and O–H groups in total. The average Bonchev–Trinajstić information content (AvgIpc) is 2.23. The van der Waals surface area contributed by atoms with Gasteiger partial charge in [0.05, 0.1) is 7.11 Å². The van der Waals surface area contributed by atoms with E-state index in [1.165, 1.54) is 7.11 Å². The minimum absolute atomic E-state index is 0.121. The lowest BCUT2D eigenvalue weighted by Gasteiger charge is -2.12. The molecule has 0 amide bonds. The highest BCUT2D eigenvalue weighted by molar-refractivity contribution is 5.75. The van der Waals surface area contributed by atoms with Gasteiger partial charge >= 0.3 is 5.97 Å². The van der Waals surface area contributed by atoms with E-state index in [0.717, 1.165) is 16.9 Å². The van der Waals surface area contributed by atoms with Gasteiger partial charge in [-0.15, -0.1) is 0 Å². The summed E-state index contributed by atoms with van der Waals surface area (Å²) in [7, 11) is 1.30. The van der Waals surface area contributed by atoms with Crippen LogP contribution >= 0.6 is 0 Å². The number of rotatable bonds is 4. The molecule has 0 aromatic heterocycles. The van der Waals surface area contributed by atoms with Gasteiger partial charge in [-0.2, -0.15) is 0 Å². The Kier molecular flexibility index (Phi) is 4.31. The van der Waals surface area contributed by atoms with E-state index >= 15 is 0 Å². The molecule has 0 aliphatic carbocycles. The fourth-order valence-corrected chi connectivity index (χ4v) is 1.42. The summed E-state index contributed by atoms with van der Waals surface area (Å²) in [5, 5.41) is 0. The van der Waals surface area contributed by atoms with Crippen molar-refractivity contribution in [2.24, 2.45) is 5.73 Å². The van der Waals surface area contributed by atoms with E-state index in [1.807, 2.05) is 32.0 Å². The fourth-order valence-electron chi connectivity index (χ4n) is 1.42. The van der Waals surface area contributed by atoms with Crippen LogP contribution in [-0.4, -0.2) is 25.7 Å². The summed E-state index contributed by atoms with van der Waals surface area (Å²) < 4.78 is 9.93. The molecule has 0 saturated heterocycles. The molecule has 1 unspecified atom stereocenters. The van der Waals surface area contributed by atoms with Gasteiger partial charge in [0.15, 0.2) is 0 Å². The molecule has 0 saturated carbocycles. The van der Waals surface area contributed by atoms with Crippen molar-refractivity contribution in [3.8, 4) is 5.75 Å². The first kappa shape index (κ1) is 12.5. The minimum Gasteiger partial charge on any atom is -0.491 e. The topological polar surface area (TPSA) is 61.5 Å². The summed E-state index contributed by atoms with van der Waals surface area (Å²) in [6.45, 7) is 4.09. The van der Waals surface area contributed by atoms with E-state index in [4.69, 9.17) is 10.5 Å². The third-order valence-electron chi connectivity index (χ3n) is 2.13. The van der Waals surface area contributed by atoms with Crippen LogP contribution < -0.4 is 10.5 Å². The van der Waals surface area contributed by atoms with Gasteiger partial charge < -0.3 is 15.2 Å². The van der Waals surface area contributed by atoms with Gasteiger partial charge in [0.1, 0.15) is 18.4 Å². The van der Waals surface area contributed by atoms with E-state index in [-0.39, 0.29) is 6.61 Å². The second-order valence-corrected chi connectivity index (χ2v) is 3.76. The number of nitrogens with two attached hydrogens (primary N) is 1. The predicted octanol–water partition coefficient (Wildman–Crippen LogP) is 1.18. The van der Waals surface area contributed by atoms with Crippen LogP contribution in [0.5, 0.6) is 5.75 Å². The molecule has 0 aliphatic heterocycles. The third kappa shape index (κ3) is 3.55. The summed E-state index contributed by atoms with van der Waals surface area (Å²) in [6.07, 6.45) is 0. The monoisotopic (exact) mass is 223 g/mol. The molecule has 0 spiro atoms. The zero-order chi connectivity index (χ0) is 12.1. The van der Waals surface area contributed by atoms with Crippen molar-refractivity contribution < 1.29 is 14.3 Å². The average molecular weight is 223 g/mol. The van der Waals surface area contributed by atoms with Crippen LogP contribution in [-0.2, 0) is 9.53 Å². The molecular weight excluding hydrogens is 206 g/mol. The molecule has 4 heteroatoms. The van der Waals surface area contributed by atoms with Crippen molar-refractivity contribution >= 4 is 5.97 Å². The van der Waals surface area contributed by atoms with Gasteiger partial charge in [0, 0.05) is 0 Å². The zero-order valence-corrected chi connectivity index (χ0v) is 9.82. The lowest BCUT2D eigenvalue weighted by molar-refractivity contribution is -0.142. The van der Waals surface area contributed by atoms with E-state index in [2.05, 4.69) is 4.74 Å². The maximum Gasteiger partial charge on any atom is 0.326 e. The van der Waals surface area contributed by atoms with Crippen LogP contribution in [0.1, 0.15) is 11.1 Å². The number of esters is 1. The second-order valence-electron chi connectivity index (χ2n) is 3.76. The standard InChI is InChI=1S/C12H17NO3/c1-8-4-9(2)6-10(5-8)16-7-11(13)12(14)15-3/h4-6,11H,7,13H2,1-3H3. The van der Waals surface area contributed by atoms with Gasteiger partial charge in [-0.3, -0.25) is 4.79 Å². The molecule has 16 heavy (non-hydrogen) atoms. The smallest absolute Gasteiger partial charge is 0.326 e.